The van der Waals surface area contributed by atoms with Crippen molar-refractivity contribution in [1.29, 1.82) is 0 Å². The minimum absolute atomic E-state index is 0.324. The molecular formula is C12H17N3. The first-order valence-corrected chi connectivity index (χ1v) is 5.56. The third kappa shape index (κ3) is 2.78. The lowest BCUT2D eigenvalue weighted by Crippen LogP contribution is -2.28. The number of rotatable bonds is 2. The Hall–Kier alpha value is -1.38. The van der Waals surface area contributed by atoms with Gasteiger partial charge in [-0.05, 0) is 37.5 Å². The lowest BCUT2D eigenvalue weighted by atomic mass is 10.1. The van der Waals surface area contributed by atoms with Gasteiger partial charge < -0.3 is 5.32 Å². The molecule has 15 heavy (non-hydrogen) atoms. The minimum Gasteiger partial charge on any atom is -0.367 e. The van der Waals surface area contributed by atoms with Gasteiger partial charge in [-0.1, -0.05) is 0 Å². The Morgan fingerprint density at radius 1 is 1.27 bits per heavy atom. The fourth-order valence-electron chi connectivity index (χ4n) is 1.80. The highest BCUT2D eigenvalue weighted by Gasteiger charge is 2.09. The number of nitrogens with one attached hydrogen (secondary N) is 1. The molecule has 0 saturated heterocycles. The number of aliphatic imine (C=N–C) groups is 1. The number of amidine groups is 1. The van der Waals surface area contributed by atoms with Crippen LogP contribution in [0.15, 0.2) is 29.5 Å². The molecule has 0 amide bonds. The fraction of sp³-hybridized carbons (Fsp3) is 0.500. The van der Waals surface area contributed by atoms with Gasteiger partial charge >= 0.3 is 0 Å². The standard InChI is InChI=1S/C12H17N3/c1-10(11-5-8-13-9-6-11)15-12-4-2-3-7-14-12/h5-6,8-10H,2-4,7H2,1H3,(H,14,15). The van der Waals surface area contributed by atoms with E-state index in [0.717, 1.165) is 18.8 Å². The number of pyridine rings is 1. The van der Waals surface area contributed by atoms with Crippen molar-refractivity contribution in [1.82, 2.24) is 10.3 Å². The molecule has 3 heteroatoms. The second-order valence-electron chi connectivity index (χ2n) is 3.93. The predicted octanol–water partition coefficient (Wildman–Crippen LogP) is 2.31. The summed E-state index contributed by atoms with van der Waals surface area (Å²) in [6, 6.07) is 4.41. The summed E-state index contributed by atoms with van der Waals surface area (Å²) in [5.41, 5.74) is 1.26. The summed E-state index contributed by atoms with van der Waals surface area (Å²) in [5.74, 6) is 1.16. The van der Waals surface area contributed by atoms with Crippen LogP contribution in [0.2, 0.25) is 0 Å². The molecule has 1 atom stereocenters. The van der Waals surface area contributed by atoms with Crippen molar-refractivity contribution in [3.63, 3.8) is 0 Å². The van der Waals surface area contributed by atoms with Crippen LogP contribution in [0.5, 0.6) is 0 Å². The quantitative estimate of drug-likeness (QED) is 0.801. The SMILES string of the molecule is CC(NC1=NCCCC1)c1ccncc1. The van der Waals surface area contributed by atoms with Crippen LogP contribution in [0.25, 0.3) is 0 Å². The molecule has 0 aromatic carbocycles. The number of aromatic nitrogens is 1. The molecule has 0 saturated carbocycles. The largest absolute Gasteiger partial charge is 0.367 e. The van der Waals surface area contributed by atoms with Gasteiger partial charge in [-0.3, -0.25) is 9.98 Å². The monoisotopic (exact) mass is 203 g/mol. The van der Waals surface area contributed by atoms with E-state index < -0.39 is 0 Å². The van der Waals surface area contributed by atoms with Crippen LogP contribution in [0.1, 0.15) is 37.8 Å². The van der Waals surface area contributed by atoms with Crippen molar-refractivity contribution in [3.05, 3.63) is 30.1 Å². The third-order valence-electron chi connectivity index (χ3n) is 2.71. The molecule has 1 aliphatic rings. The summed E-state index contributed by atoms with van der Waals surface area (Å²) in [5, 5.41) is 3.46. The van der Waals surface area contributed by atoms with Crippen molar-refractivity contribution < 1.29 is 0 Å². The van der Waals surface area contributed by atoms with Gasteiger partial charge in [0.15, 0.2) is 0 Å². The highest BCUT2D eigenvalue weighted by molar-refractivity contribution is 5.83. The molecule has 0 radical (unpaired) electrons. The van der Waals surface area contributed by atoms with Crippen molar-refractivity contribution in [2.45, 2.75) is 32.2 Å². The van der Waals surface area contributed by atoms with Gasteiger partial charge in [0.25, 0.3) is 0 Å². The molecule has 0 fully saturated rings. The molecule has 1 unspecified atom stereocenters. The highest BCUT2D eigenvalue weighted by atomic mass is 15.0. The van der Waals surface area contributed by atoms with Crippen LogP contribution in [-0.2, 0) is 0 Å². The zero-order chi connectivity index (χ0) is 10.5. The van der Waals surface area contributed by atoms with E-state index in [0.29, 0.717) is 6.04 Å². The average molecular weight is 203 g/mol. The molecule has 3 nitrogen and oxygen atoms in total. The van der Waals surface area contributed by atoms with Crippen molar-refractivity contribution in [2.24, 2.45) is 4.99 Å². The Kier molecular flexibility index (Phi) is 3.33. The van der Waals surface area contributed by atoms with Gasteiger partial charge in [0.1, 0.15) is 0 Å². The molecule has 2 heterocycles. The zero-order valence-corrected chi connectivity index (χ0v) is 9.11. The van der Waals surface area contributed by atoms with Crippen molar-refractivity contribution in [3.8, 4) is 0 Å². The molecule has 1 aromatic rings. The van der Waals surface area contributed by atoms with E-state index in [1.165, 1.54) is 18.4 Å². The molecule has 0 spiro atoms. The fourth-order valence-corrected chi connectivity index (χ4v) is 1.80. The van der Waals surface area contributed by atoms with Crippen LogP contribution < -0.4 is 5.32 Å². The van der Waals surface area contributed by atoms with E-state index in [1.54, 1.807) is 0 Å². The topological polar surface area (TPSA) is 37.3 Å². The molecular weight excluding hydrogens is 186 g/mol. The summed E-state index contributed by atoms with van der Waals surface area (Å²) >= 11 is 0. The molecule has 0 aliphatic carbocycles. The van der Waals surface area contributed by atoms with Gasteiger partial charge in [0.05, 0.1) is 5.84 Å². The van der Waals surface area contributed by atoms with Crippen LogP contribution >= 0.6 is 0 Å². The Morgan fingerprint density at radius 2 is 2.07 bits per heavy atom. The summed E-state index contributed by atoms with van der Waals surface area (Å²) in [6.07, 6.45) is 7.24. The van der Waals surface area contributed by atoms with Crippen LogP contribution in [0, 0.1) is 0 Å². The lowest BCUT2D eigenvalue weighted by molar-refractivity contribution is 0.656. The zero-order valence-electron chi connectivity index (χ0n) is 9.11. The Labute approximate surface area is 90.6 Å². The molecule has 80 valence electrons. The Balaban J connectivity index is 1.97. The molecule has 1 N–H and O–H groups in total. The van der Waals surface area contributed by atoms with Gasteiger partial charge in [0, 0.05) is 31.4 Å². The van der Waals surface area contributed by atoms with Crippen molar-refractivity contribution in [2.75, 3.05) is 6.54 Å². The predicted molar refractivity (Wildman–Crippen MR) is 61.9 cm³/mol. The van der Waals surface area contributed by atoms with Gasteiger partial charge in [-0.2, -0.15) is 0 Å². The van der Waals surface area contributed by atoms with E-state index in [4.69, 9.17) is 0 Å². The minimum atomic E-state index is 0.324. The third-order valence-corrected chi connectivity index (χ3v) is 2.71. The van der Waals surface area contributed by atoms with Crippen LogP contribution in [-0.4, -0.2) is 17.4 Å². The summed E-state index contributed by atoms with van der Waals surface area (Å²) in [4.78, 5) is 8.50. The molecule has 1 aliphatic heterocycles. The number of nitrogens with zero attached hydrogens (tertiary/aromatic N) is 2. The van der Waals surface area contributed by atoms with Gasteiger partial charge in [0.2, 0.25) is 0 Å². The smallest absolute Gasteiger partial charge is 0.0967 e. The lowest BCUT2D eigenvalue weighted by Gasteiger charge is -2.19. The van der Waals surface area contributed by atoms with Gasteiger partial charge in [-0.25, -0.2) is 0 Å². The maximum atomic E-state index is 4.48. The maximum Gasteiger partial charge on any atom is 0.0967 e. The van der Waals surface area contributed by atoms with E-state index in [2.05, 4.69) is 22.2 Å². The molecule has 1 aromatic heterocycles. The number of hydrogen-bond acceptors (Lipinski definition) is 3. The maximum absolute atomic E-state index is 4.48. The highest BCUT2D eigenvalue weighted by Crippen LogP contribution is 2.12. The number of hydrogen-bond donors (Lipinski definition) is 1. The first-order chi connectivity index (χ1) is 7.36. The Morgan fingerprint density at radius 3 is 2.73 bits per heavy atom. The normalized spacial score (nSPS) is 18.1. The first-order valence-electron chi connectivity index (χ1n) is 5.56. The van der Waals surface area contributed by atoms with E-state index in [-0.39, 0.29) is 0 Å². The van der Waals surface area contributed by atoms with Crippen molar-refractivity contribution >= 4 is 5.84 Å². The van der Waals surface area contributed by atoms with E-state index in [9.17, 15) is 0 Å². The second kappa shape index (κ2) is 4.91. The molecule has 2 rings (SSSR count). The average Bonchev–Trinajstić information content (AvgIpc) is 2.31. The summed E-state index contributed by atoms with van der Waals surface area (Å²) in [7, 11) is 0. The second-order valence-corrected chi connectivity index (χ2v) is 3.93. The Bertz CT molecular complexity index is 332. The van der Waals surface area contributed by atoms with E-state index in [1.807, 2.05) is 24.5 Å². The van der Waals surface area contributed by atoms with Crippen LogP contribution in [0.4, 0.5) is 0 Å². The van der Waals surface area contributed by atoms with E-state index >= 15 is 0 Å². The molecule has 0 bridgehead atoms. The summed E-state index contributed by atoms with van der Waals surface area (Å²) < 4.78 is 0. The van der Waals surface area contributed by atoms with Crippen LogP contribution in [0.3, 0.4) is 0 Å². The first kappa shape index (κ1) is 10.1. The van der Waals surface area contributed by atoms with Gasteiger partial charge in [-0.15, -0.1) is 0 Å². The summed E-state index contributed by atoms with van der Waals surface area (Å²) in [6.45, 7) is 3.14.